The van der Waals surface area contributed by atoms with E-state index < -0.39 is 0 Å². The third-order valence-corrected chi connectivity index (χ3v) is 3.91. The van der Waals surface area contributed by atoms with Gasteiger partial charge >= 0.3 is 0 Å². The summed E-state index contributed by atoms with van der Waals surface area (Å²) in [5.41, 5.74) is 4.73. The molecule has 0 bridgehead atoms. The smallest absolute Gasteiger partial charge is 0.226 e. The molecule has 0 aliphatic carbocycles. The Hall–Kier alpha value is -2.61. The molecule has 5 heteroatoms. The Morgan fingerprint density at radius 2 is 1.75 bits per heavy atom. The highest BCUT2D eigenvalue weighted by Crippen LogP contribution is 2.27. The molecule has 2 aliphatic heterocycles. The molecule has 1 aromatic carbocycles. The highest BCUT2D eigenvalue weighted by molar-refractivity contribution is 5.44. The van der Waals surface area contributed by atoms with E-state index in [-0.39, 0.29) is 0 Å². The van der Waals surface area contributed by atoms with Crippen molar-refractivity contribution in [3.05, 3.63) is 52.8 Å². The molecule has 0 unspecified atom stereocenters. The molecule has 2 aromatic rings. The second-order valence-electron chi connectivity index (χ2n) is 5.22. The second kappa shape index (κ2) is 4.20. The first-order valence-corrected chi connectivity index (χ1v) is 6.64. The third-order valence-electron chi connectivity index (χ3n) is 3.91. The van der Waals surface area contributed by atoms with Gasteiger partial charge in [0.15, 0.2) is 6.19 Å². The molecular formula is C15H13N5. The minimum Gasteiger partial charge on any atom is -0.332 e. The molecular weight excluding hydrogens is 250 g/mol. The molecule has 0 N–H and O–H groups in total. The van der Waals surface area contributed by atoms with E-state index in [1.165, 1.54) is 11.1 Å². The number of aromatic nitrogens is 2. The summed E-state index contributed by atoms with van der Waals surface area (Å²) >= 11 is 0. The van der Waals surface area contributed by atoms with Crippen LogP contribution in [0.3, 0.4) is 0 Å². The lowest BCUT2D eigenvalue weighted by molar-refractivity contribution is 0.415. The SMILES string of the molecule is N#CN1Cc2cnc(N3Cc4ccccc4C3)nc2C1. The van der Waals surface area contributed by atoms with Crippen molar-refractivity contribution in [3.63, 3.8) is 0 Å². The molecule has 0 spiro atoms. The lowest BCUT2D eigenvalue weighted by Gasteiger charge is -2.15. The van der Waals surface area contributed by atoms with Crippen LogP contribution in [0, 0.1) is 11.5 Å². The minimum absolute atomic E-state index is 0.599. The number of fused-ring (bicyclic) bond motifs is 2. The van der Waals surface area contributed by atoms with Gasteiger partial charge in [-0.2, -0.15) is 5.26 Å². The predicted molar refractivity (Wildman–Crippen MR) is 73.2 cm³/mol. The van der Waals surface area contributed by atoms with E-state index in [1.54, 1.807) is 4.90 Å². The van der Waals surface area contributed by atoms with Crippen molar-refractivity contribution < 1.29 is 0 Å². The summed E-state index contributed by atoms with van der Waals surface area (Å²) in [6, 6.07) is 8.44. The molecule has 0 atom stereocenters. The maximum atomic E-state index is 8.95. The summed E-state index contributed by atoms with van der Waals surface area (Å²) < 4.78 is 0. The molecule has 0 amide bonds. The van der Waals surface area contributed by atoms with E-state index in [0.717, 1.165) is 30.3 Å². The van der Waals surface area contributed by atoms with Crippen LogP contribution in [0.15, 0.2) is 30.5 Å². The Morgan fingerprint density at radius 3 is 2.45 bits per heavy atom. The van der Waals surface area contributed by atoms with Gasteiger partial charge in [0, 0.05) is 24.8 Å². The molecule has 98 valence electrons. The molecule has 4 rings (SSSR count). The molecule has 0 saturated carbocycles. The first kappa shape index (κ1) is 11.2. The van der Waals surface area contributed by atoms with Crippen LogP contribution < -0.4 is 4.90 Å². The van der Waals surface area contributed by atoms with Crippen molar-refractivity contribution in [1.29, 1.82) is 5.26 Å². The Morgan fingerprint density at radius 1 is 1.00 bits per heavy atom. The fraction of sp³-hybridized carbons (Fsp3) is 0.267. The quantitative estimate of drug-likeness (QED) is 0.734. The summed E-state index contributed by atoms with van der Waals surface area (Å²) in [5.74, 6) is 0.764. The Balaban J connectivity index is 1.62. The van der Waals surface area contributed by atoms with E-state index in [4.69, 9.17) is 5.26 Å². The zero-order valence-electron chi connectivity index (χ0n) is 11.0. The number of benzene rings is 1. The third kappa shape index (κ3) is 1.69. The molecule has 2 aliphatic rings. The van der Waals surface area contributed by atoms with E-state index in [9.17, 15) is 0 Å². The summed E-state index contributed by atoms with van der Waals surface area (Å²) in [7, 11) is 0. The van der Waals surface area contributed by atoms with Crippen molar-refractivity contribution in [1.82, 2.24) is 14.9 Å². The first-order valence-electron chi connectivity index (χ1n) is 6.64. The number of hydrogen-bond donors (Lipinski definition) is 0. The predicted octanol–water partition coefficient (Wildman–Crippen LogP) is 1.79. The van der Waals surface area contributed by atoms with E-state index >= 15 is 0 Å². The zero-order chi connectivity index (χ0) is 13.5. The Bertz CT molecular complexity index is 693. The molecule has 0 fully saturated rings. The van der Waals surface area contributed by atoms with Crippen LogP contribution >= 0.6 is 0 Å². The van der Waals surface area contributed by atoms with Crippen LogP contribution in [-0.4, -0.2) is 14.9 Å². The topological polar surface area (TPSA) is 56.1 Å². The van der Waals surface area contributed by atoms with Crippen LogP contribution in [0.1, 0.15) is 22.4 Å². The maximum Gasteiger partial charge on any atom is 0.226 e. The highest BCUT2D eigenvalue weighted by atomic mass is 15.3. The first-order chi connectivity index (χ1) is 9.83. The molecule has 20 heavy (non-hydrogen) atoms. The lowest BCUT2D eigenvalue weighted by atomic mass is 10.1. The average molecular weight is 263 g/mol. The van der Waals surface area contributed by atoms with Crippen LogP contribution in [-0.2, 0) is 26.2 Å². The van der Waals surface area contributed by atoms with Crippen molar-refractivity contribution in [2.24, 2.45) is 0 Å². The number of nitriles is 1. The van der Waals surface area contributed by atoms with Crippen LogP contribution in [0.4, 0.5) is 5.95 Å². The minimum atomic E-state index is 0.599. The van der Waals surface area contributed by atoms with Crippen LogP contribution in [0.25, 0.3) is 0 Å². The molecule has 5 nitrogen and oxygen atoms in total. The van der Waals surface area contributed by atoms with Crippen molar-refractivity contribution in [2.45, 2.75) is 26.2 Å². The van der Waals surface area contributed by atoms with Gasteiger partial charge in [-0.1, -0.05) is 24.3 Å². The van der Waals surface area contributed by atoms with Crippen molar-refractivity contribution >= 4 is 5.95 Å². The van der Waals surface area contributed by atoms with Crippen molar-refractivity contribution in [3.8, 4) is 6.19 Å². The largest absolute Gasteiger partial charge is 0.332 e. The van der Waals surface area contributed by atoms with Gasteiger partial charge in [-0.3, -0.25) is 0 Å². The molecule has 1 aromatic heterocycles. The van der Waals surface area contributed by atoms with Gasteiger partial charge in [0.2, 0.25) is 5.95 Å². The molecule has 0 radical (unpaired) electrons. The summed E-state index contributed by atoms with van der Waals surface area (Å²) in [4.78, 5) is 13.0. The summed E-state index contributed by atoms with van der Waals surface area (Å²) in [6.45, 7) is 2.95. The number of hydrogen-bond acceptors (Lipinski definition) is 5. The second-order valence-corrected chi connectivity index (χ2v) is 5.22. The zero-order valence-corrected chi connectivity index (χ0v) is 11.0. The van der Waals surface area contributed by atoms with Gasteiger partial charge in [-0.25, -0.2) is 9.97 Å². The number of nitrogens with zero attached hydrogens (tertiary/aromatic N) is 5. The van der Waals surface area contributed by atoms with Crippen molar-refractivity contribution in [2.75, 3.05) is 4.90 Å². The van der Waals surface area contributed by atoms with Gasteiger partial charge in [-0.05, 0) is 11.1 Å². The average Bonchev–Trinajstić information content (AvgIpc) is 3.09. The summed E-state index contributed by atoms with van der Waals surface area (Å²) in [6.07, 6.45) is 4.03. The molecule has 0 saturated heterocycles. The van der Waals surface area contributed by atoms with Crippen LogP contribution in [0.5, 0.6) is 0 Å². The van der Waals surface area contributed by atoms with E-state index in [1.807, 2.05) is 6.20 Å². The standard InChI is InChI=1S/C15H13N5/c16-10-19-6-13-5-17-15(18-14(13)9-19)20-7-11-3-1-2-4-12(11)8-20/h1-5H,6-9H2. The fourth-order valence-electron chi connectivity index (χ4n) is 2.84. The number of anilines is 1. The van der Waals surface area contributed by atoms with E-state index in [2.05, 4.69) is 45.3 Å². The van der Waals surface area contributed by atoms with E-state index in [0.29, 0.717) is 13.1 Å². The highest BCUT2D eigenvalue weighted by Gasteiger charge is 2.24. The Kier molecular flexibility index (Phi) is 2.36. The fourth-order valence-corrected chi connectivity index (χ4v) is 2.84. The molecule has 3 heterocycles. The lowest BCUT2D eigenvalue weighted by Crippen LogP contribution is -2.18. The number of rotatable bonds is 1. The van der Waals surface area contributed by atoms with Gasteiger partial charge < -0.3 is 9.80 Å². The van der Waals surface area contributed by atoms with Gasteiger partial charge in [0.05, 0.1) is 18.8 Å². The van der Waals surface area contributed by atoms with Gasteiger partial charge in [0.25, 0.3) is 0 Å². The summed E-state index contributed by atoms with van der Waals surface area (Å²) in [5, 5.41) is 8.95. The Labute approximate surface area is 117 Å². The monoisotopic (exact) mass is 263 g/mol. The van der Waals surface area contributed by atoms with Gasteiger partial charge in [-0.15, -0.1) is 0 Å². The maximum absolute atomic E-state index is 8.95. The normalized spacial score (nSPS) is 15.9. The van der Waals surface area contributed by atoms with Crippen LogP contribution in [0.2, 0.25) is 0 Å². The van der Waals surface area contributed by atoms with Gasteiger partial charge in [0.1, 0.15) is 0 Å².